The molecule has 2 aromatic carbocycles. The lowest BCUT2D eigenvalue weighted by molar-refractivity contribution is -0.115. The van der Waals surface area contributed by atoms with Gasteiger partial charge in [0.25, 0.3) is 0 Å². The van der Waals surface area contributed by atoms with E-state index in [1.165, 1.54) is 12.1 Å². The molecule has 2 rings (SSSR count). The molecule has 0 bridgehead atoms. The second-order valence-electron chi connectivity index (χ2n) is 5.02. The summed E-state index contributed by atoms with van der Waals surface area (Å²) in [5, 5.41) is 5.94. The molecule has 21 heavy (non-hydrogen) atoms. The summed E-state index contributed by atoms with van der Waals surface area (Å²) in [6.45, 7) is 4.01. The monoisotopic (exact) mass is 286 g/mol. The van der Waals surface area contributed by atoms with Gasteiger partial charge in [-0.05, 0) is 43.2 Å². The second-order valence-corrected chi connectivity index (χ2v) is 5.02. The second kappa shape index (κ2) is 6.99. The minimum absolute atomic E-state index is 0.0941. The van der Waals surface area contributed by atoms with Crippen LogP contribution >= 0.6 is 0 Å². The van der Waals surface area contributed by atoms with Gasteiger partial charge in [-0.15, -0.1) is 0 Å². The first-order valence-electron chi connectivity index (χ1n) is 6.90. The van der Waals surface area contributed by atoms with Gasteiger partial charge in [-0.1, -0.05) is 30.3 Å². The Kier molecular flexibility index (Phi) is 5.06. The van der Waals surface area contributed by atoms with Crippen LogP contribution in [0.25, 0.3) is 0 Å². The summed E-state index contributed by atoms with van der Waals surface area (Å²) < 4.78 is 13.2. The lowest BCUT2D eigenvalue weighted by atomic mass is 10.1. The maximum Gasteiger partial charge on any atom is 0.238 e. The number of hydrogen-bond acceptors (Lipinski definition) is 2. The van der Waals surface area contributed by atoms with Gasteiger partial charge < -0.3 is 10.6 Å². The van der Waals surface area contributed by atoms with Crippen LogP contribution in [0.3, 0.4) is 0 Å². The van der Waals surface area contributed by atoms with Gasteiger partial charge in [0.15, 0.2) is 0 Å². The van der Waals surface area contributed by atoms with E-state index in [0.29, 0.717) is 0 Å². The Balaban J connectivity index is 1.88. The van der Waals surface area contributed by atoms with Crippen molar-refractivity contribution < 1.29 is 9.18 Å². The summed E-state index contributed by atoms with van der Waals surface area (Å²) in [5.74, 6) is -0.391. The molecular formula is C17H19FN2O. The Morgan fingerprint density at radius 3 is 2.67 bits per heavy atom. The highest BCUT2D eigenvalue weighted by molar-refractivity contribution is 5.92. The van der Waals surface area contributed by atoms with Crippen molar-refractivity contribution in [1.82, 2.24) is 5.32 Å². The van der Waals surface area contributed by atoms with Crippen molar-refractivity contribution in [3.05, 3.63) is 65.5 Å². The summed E-state index contributed by atoms with van der Waals surface area (Å²) >= 11 is 0. The van der Waals surface area contributed by atoms with E-state index < -0.39 is 0 Å². The van der Waals surface area contributed by atoms with Gasteiger partial charge in [-0.3, -0.25) is 4.79 Å². The van der Waals surface area contributed by atoms with Crippen LogP contribution in [0.4, 0.5) is 10.1 Å². The Morgan fingerprint density at radius 2 is 1.95 bits per heavy atom. The zero-order valence-electron chi connectivity index (χ0n) is 12.2. The van der Waals surface area contributed by atoms with Gasteiger partial charge in [0.1, 0.15) is 5.82 Å². The number of carbonyl (C=O) groups excluding carboxylic acids is 1. The number of carbonyl (C=O) groups is 1. The smallest absolute Gasteiger partial charge is 0.238 e. The van der Waals surface area contributed by atoms with Crippen LogP contribution in [-0.2, 0) is 4.79 Å². The van der Waals surface area contributed by atoms with Crippen LogP contribution in [0, 0.1) is 12.7 Å². The predicted octanol–water partition coefficient (Wildman–Crippen LogP) is 3.42. The Labute approximate surface area is 124 Å². The lowest BCUT2D eigenvalue weighted by Gasteiger charge is -2.14. The molecule has 2 N–H and O–H groups in total. The summed E-state index contributed by atoms with van der Waals surface area (Å²) in [6.07, 6.45) is 0. The number of aryl methyl sites for hydroxylation is 1. The first kappa shape index (κ1) is 15.2. The highest BCUT2D eigenvalue weighted by atomic mass is 19.1. The molecule has 2 aromatic rings. The van der Waals surface area contributed by atoms with E-state index in [1.54, 1.807) is 6.07 Å². The van der Waals surface area contributed by atoms with Gasteiger partial charge in [-0.25, -0.2) is 4.39 Å². The molecule has 0 aromatic heterocycles. The standard InChI is InChI=1S/C17H19FN2O/c1-12-6-3-4-9-16(12)20-17(21)11-19-13(2)14-7-5-8-15(18)10-14/h3-10,13,19H,11H2,1-2H3,(H,20,21). The number of rotatable bonds is 5. The molecule has 1 amide bonds. The van der Waals surface area contributed by atoms with Crippen molar-refractivity contribution in [1.29, 1.82) is 0 Å². The minimum atomic E-state index is -0.273. The average molecular weight is 286 g/mol. The number of anilines is 1. The maximum atomic E-state index is 13.2. The Hall–Kier alpha value is -2.20. The molecule has 110 valence electrons. The molecule has 1 atom stereocenters. The molecule has 0 aliphatic rings. The lowest BCUT2D eigenvalue weighted by Crippen LogP contribution is -2.30. The topological polar surface area (TPSA) is 41.1 Å². The van der Waals surface area contributed by atoms with Gasteiger partial charge in [-0.2, -0.15) is 0 Å². The number of halogens is 1. The number of hydrogen-bond donors (Lipinski definition) is 2. The van der Waals surface area contributed by atoms with Crippen LogP contribution in [0.2, 0.25) is 0 Å². The van der Waals surface area contributed by atoms with E-state index >= 15 is 0 Å². The summed E-state index contributed by atoms with van der Waals surface area (Å²) in [7, 11) is 0. The molecule has 3 nitrogen and oxygen atoms in total. The van der Waals surface area contributed by atoms with Crippen LogP contribution < -0.4 is 10.6 Å². The van der Waals surface area contributed by atoms with Crippen molar-refractivity contribution in [3.63, 3.8) is 0 Å². The quantitative estimate of drug-likeness (QED) is 0.884. The van der Waals surface area contributed by atoms with Gasteiger partial charge in [0.05, 0.1) is 6.54 Å². The number of benzene rings is 2. The zero-order valence-corrected chi connectivity index (χ0v) is 12.2. The van der Waals surface area contributed by atoms with Crippen molar-refractivity contribution >= 4 is 11.6 Å². The van der Waals surface area contributed by atoms with Crippen molar-refractivity contribution in [3.8, 4) is 0 Å². The van der Waals surface area contributed by atoms with E-state index in [1.807, 2.05) is 44.2 Å². The Morgan fingerprint density at radius 1 is 1.19 bits per heavy atom. The fraction of sp³-hybridized carbons (Fsp3) is 0.235. The average Bonchev–Trinajstić information content (AvgIpc) is 2.47. The van der Waals surface area contributed by atoms with E-state index in [9.17, 15) is 9.18 Å². The molecule has 0 radical (unpaired) electrons. The third-order valence-corrected chi connectivity index (χ3v) is 3.34. The summed E-state index contributed by atoms with van der Waals surface area (Å²) in [5.41, 5.74) is 2.64. The Bertz CT molecular complexity index is 628. The molecule has 0 fully saturated rings. The molecule has 1 unspecified atom stereocenters. The normalized spacial score (nSPS) is 12.0. The molecule has 0 spiro atoms. The number of para-hydroxylation sites is 1. The molecule has 0 heterocycles. The number of amides is 1. The van der Waals surface area contributed by atoms with Crippen LogP contribution in [-0.4, -0.2) is 12.5 Å². The molecular weight excluding hydrogens is 267 g/mol. The molecule has 0 saturated heterocycles. The highest BCUT2D eigenvalue weighted by Gasteiger charge is 2.09. The molecule has 0 aliphatic carbocycles. The van der Waals surface area contributed by atoms with E-state index in [-0.39, 0.29) is 24.3 Å². The van der Waals surface area contributed by atoms with Crippen LogP contribution in [0.15, 0.2) is 48.5 Å². The summed E-state index contributed by atoms with van der Waals surface area (Å²) in [4.78, 5) is 11.9. The third-order valence-electron chi connectivity index (χ3n) is 3.34. The SMILES string of the molecule is Cc1ccccc1NC(=O)CNC(C)c1cccc(F)c1. The molecule has 0 aliphatic heterocycles. The maximum absolute atomic E-state index is 13.2. The van der Waals surface area contributed by atoms with Crippen molar-refractivity contribution in [2.75, 3.05) is 11.9 Å². The minimum Gasteiger partial charge on any atom is -0.325 e. The van der Waals surface area contributed by atoms with Crippen LogP contribution in [0.1, 0.15) is 24.1 Å². The van der Waals surface area contributed by atoms with E-state index in [2.05, 4.69) is 10.6 Å². The molecule has 4 heteroatoms. The van der Waals surface area contributed by atoms with Crippen molar-refractivity contribution in [2.45, 2.75) is 19.9 Å². The first-order valence-corrected chi connectivity index (χ1v) is 6.90. The fourth-order valence-corrected chi connectivity index (χ4v) is 2.05. The van der Waals surface area contributed by atoms with E-state index in [0.717, 1.165) is 16.8 Å². The van der Waals surface area contributed by atoms with Gasteiger partial charge >= 0.3 is 0 Å². The van der Waals surface area contributed by atoms with Crippen LogP contribution in [0.5, 0.6) is 0 Å². The van der Waals surface area contributed by atoms with Gasteiger partial charge in [0, 0.05) is 11.7 Å². The zero-order chi connectivity index (χ0) is 15.2. The fourth-order valence-electron chi connectivity index (χ4n) is 2.05. The first-order chi connectivity index (χ1) is 10.1. The summed E-state index contributed by atoms with van der Waals surface area (Å²) in [6, 6.07) is 13.9. The van der Waals surface area contributed by atoms with Crippen molar-refractivity contribution in [2.24, 2.45) is 0 Å². The largest absolute Gasteiger partial charge is 0.325 e. The predicted molar refractivity (Wildman–Crippen MR) is 82.6 cm³/mol. The third kappa shape index (κ3) is 4.39. The highest BCUT2D eigenvalue weighted by Crippen LogP contribution is 2.14. The molecule has 0 saturated carbocycles. The number of nitrogens with one attached hydrogen (secondary N) is 2. The van der Waals surface area contributed by atoms with E-state index in [4.69, 9.17) is 0 Å². The van der Waals surface area contributed by atoms with Gasteiger partial charge in [0.2, 0.25) is 5.91 Å².